The molecule has 0 radical (unpaired) electrons. The molecule has 1 aromatic carbocycles. The van der Waals surface area contributed by atoms with Gasteiger partial charge in [0.05, 0.1) is 23.9 Å². The van der Waals surface area contributed by atoms with E-state index in [4.69, 9.17) is 9.84 Å². The molecule has 0 amide bonds. The van der Waals surface area contributed by atoms with Crippen molar-refractivity contribution >= 4 is 28.8 Å². The fourth-order valence-electron chi connectivity index (χ4n) is 2.05. The topological polar surface area (TPSA) is 64.3 Å². The lowest BCUT2D eigenvalue weighted by atomic mass is 10.1. The van der Waals surface area contributed by atoms with Gasteiger partial charge in [-0.2, -0.15) is 0 Å². The lowest BCUT2D eigenvalue weighted by molar-refractivity contribution is -0.133. The van der Waals surface area contributed by atoms with Crippen molar-refractivity contribution in [3.8, 4) is 5.75 Å². The van der Waals surface area contributed by atoms with Crippen LogP contribution < -0.4 is 4.74 Å². The minimum Gasteiger partial charge on any atom is -0.497 e. The van der Waals surface area contributed by atoms with Crippen molar-refractivity contribution in [2.75, 3.05) is 12.9 Å². The molecule has 1 N–H and O–H groups in total. The molecule has 0 aliphatic carbocycles. The summed E-state index contributed by atoms with van der Waals surface area (Å²) in [6, 6.07) is 5.73. The van der Waals surface area contributed by atoms with Gasteiger partial charge < -0.3 is 14.4 Å². The second-order valence-corrected chi connectivity index (χ2v) is 6.21. The van der Waals surface area contributed by atoms with Gasteiger partial charge in [-0.1, -0.05) is 25.6 Å². The number of thioether (sulfide) groups is 1. The molecule has 0 spiro atoms. The molecule has 0 saturated heterocycles. The molecule has 0 aliphatic heterocycles. The average Bonchev–Trinajstić information content (AvgIpc) is 2.79. The molecule has 0 saturated carbocycles. The summed E-state index contributed by atoms with van der Waals surface area (Å²) in [5.74, 6) is 0.538. The highest BCUT2D eigenvalue weighted by Gasteiger charge is 2.13. The van der Waals surface area contributed by atoms with Gasteiger partial charge in [0, 0.05) is 12.6 Å². The van der Waals surface area contributed by atoms with Gasteiger partial charge in [0.2, 0.25) is 0 Å². The summed E-state index contributed by atoms with van der Waals surface area (Å²) in [5.41, 5.74) is 1.86. The number of ether oxygens (including phenoxy) is 1. The van der Waals surface area contributed by atoms with E-state index < -0.39 is 5.97 Å². The third-order valence-corrected chi connectivity index (χ3v) is 4.14. The Morgan fingerprint density at radius 3 is 2.86 bits per heavy atom. The molecule has 0 unspecified atom stereocenters. The molecule has 2 rings (SSSR count). The monoisotopic (exact) mass is 308 g/mol. The van der Waals surface area contributed by atoms with Crippen LogP contribution in [0.2, 0.25) is 0 Å². The van der Waals surface area contributed by atoms with Gasteiger partial charge in [-0.3, -0.25) is 4.79 Å². The van der Waals surface area contributed by atoms with E-state index in [1.165, 1.54) is 11.8 Å². The van der Waals surface area contributed by atoms with Crippen LogP contribution in [0.15, 0.2) is 23.4 Å². The van der Waals surface area contributed by atoms with E-state index in [1.54, 1.807) is 7.11 Å². The predicted molar refractivity (Wildman–Crippen MR) is 84.1 cm³/mol. The number of hydrogen-bond acceptors (Lipinski definition) is 4. The van der Waals surface area contributed by atoms with Crippen LogP contribution in [0.3, 0.4) is 0 Å². The van der Waals surface area contributed by atoms with Crippen LogP contribution in [0.1, 0.15) is 20.3 Å². The number of benzene rings is 1. The first-order valence-corrected chi connectivity index (χ1v) is 7.88. The molecule has 5 nitrogen and oxygen atoms in total. The number of aliphatic carboxylic acids is 1. The second kappa shape index (κ2) is 6.85. The van der Waals surface area contributed by atoms with E-state index >= 15 is 0 Å². The van der Waals surface area contributed by atoms with Gasteiger partial charge in [-0.25, -0.2) is 4.98 Å². The zero-order valence-corrected chi connectivity index (χ0v) is 13.3. The van der Waals surface area contributed by atoms with Crippen molar-refractivity contribution in [2.24, 2.45) is 5.92 Å². The number of fused-ring (bicyclic) bond motifs is 1. The first-order valence-electron chi connectivity index (χ1n) is 6.90. The molecule has 0 bridgehead atoms. The molecule has 114 valence electrons. The van der Waals surface area contributed by atoms with E-state index in [2.05, 4.69) is 23.4 Å². The Balaban J connectivity index is 2.39. The Labute approximate surface area is 128 Å². The molecular weight excluding hydrogens is 288 g/mol. The molecule has 0 atom stereocenters. The van der Waals surface area contributed by atoms with Crippen LogP contribution in [0, 0.1) is 5.92 Å². The normalized spacial score (nSPS) is 11.2. The summed E-state index contributed by atoms with van der Waals surface area (Å²) in [6.45, 7) is 5.16. The highest BCUT2D eigenvalue weighted by molar-refractivity contribution is 7.99. The smallest absolute Gasteiger partial charge is 0.313 e. The van der Waals surface area contributed by atoms with E-state index in [1.807, 2.05) is 18.2 Å². The van der Waals surface area contributed by atoms with Crippen molar-refractivity contribution in [1.82, 2.24) is 9.55 Å². The number of carboxylic acids is 1. The number of aryl methyl sites for hydroxylation is 1. The summed E-state index contributed by atoms with van der Waals surface area (Å²) in [7, 11) is 1.64. The maximum absolute atomic E-state index is 10.8. The van der Waals surface area contributed by atoms with Crippen LogP contribution in [-0.2, 0) is 11.3 Å². The fourth-order valence-corrected chi connectivity index (χ4v) is 2.81. The van der Waals surface area contributed by atoms with Crippen LogP contribution in [0.25, 0.3) is 11.0 Å². The SMILES string of the molecule is COc1ccc2nc(SCC(=O)O)n(CCC(C)C)c2c1. The zero-order valence-electron chi connectivity index (χ0n) is 12.5. The van der Waals surface area contributed by atoms with Crippen molar-refractivity contribution < 1.29 is 14.6 Å². The average molecular weight is 308 g/mol. The molecule has 1 aromatic heterocycles. The van der Waals surface area contributed by atoms with Gasteiger partial charge in [0.1, 0.15) is 5.75 Å². The van der Waals surface area contributed by atoms with Crippen LogP contribution in [0.5, 0.6) is 5.75 Å². The number of imidazole rings is 1. The van der Waals surface area contributed by atoms with Gasteiger partial charge in [0.25, 0.3) is 0 Å². The molecule has 2 aromatic rings. The Kier molecular flexibility index (Phi) is 5.12. The lowest BCUT2D eigenvalue weighted by Crippen LogP contribution is -2.05. The predicted octanol–water partition coefficient (Wildman–Crippen LogP) is 3.27. The maximum Gasteiger partial charge on any atom is 0.313 e. The minimum atomic E-state index is -0.833. The summed E-state index contributed by atoms with van der Waals surface area (Å²) in [4.78, 5) is 15.3. The Morgan fingerprint density at radius 2 is 2.24 bits per heavy atom. The number of nitrogens with zero attached hydrogens (tertiary/aromatic N) is 2. The van der Waals surface area contributed by atoms with Crippen LogP contribution >= 0.6 is 11.8 Å². The van der Waals surface area contributed by atoms with Crippen molar-refractivity contribution in [1.29, 1.82) is 0 Å². The summed E-state index contributed by atoms with van der Waals surface area (Å²) in [6.07, 6.45) is 1.02. The van der Waals surface area contributed by atoms with Crippen molar-refractivity contribution in [2.45, 2.75) is 32.0 Å². The number of carboxylic acid groups (broad SMARTS) is 1. The van der Waals surface area contributed by atoms with Gasteiger partial charge >= 0.3 is 5.97 Å². The van der Waals surface area contributed by atoms with E-state index in [9.17, 15) is 4.79 Å². The molecule has 1 heterocycles. The fraction of sp³-hybridized carbons (Fsp3) is 0.467. The van der Waals surface area contributed by atoms with E-state index in [0.717, 1.165) is 34.9 Å². The van der Waals surface area contributed by atoms with Crippen molar-refractivity contribution in [3.63, 3.8) is 0 Å². The Hall–Kier alpha value is -1.69. The van der Waals surface area contributed by atoms with E-state index in [0.29, 0.717) is 5.92 Å². The van der Waals surface area contributed by atoms with Gasteiger partial charge in [-0.15, -0.1) is 0 Å². The number of rotatable bonds is 7. The van der Waals surface area contributed by atoms with Gasteiger partial charge in [0.15, 0.2) is 5.16 Å². The standard InChI is InChI=1S/C15H20N2O3S/c1-10(2)6-7-17-13-8-11(20-3)4-5-12(13)16-15(17)21-9-14(18)19/h4-5,8,10H,6-7,9H2,1-3H3,(H,18,19). The molecule has 0 fully saturated rings. The highest BCUT2D eigenvalue weighted by atomic mass is 32.2. The highest BCUT2D eigenvalue weighted by Crippen LogP contribution is 2.27. The molecular formula is C15H20N2O3S. The Morgan fingerprint density at radius 1 is 1.48 bits per heavy atom. The van der Waals surface area contributed by atoms with E-state index in [-0.39, 0.29) is 5.75 Å². The number of methoxy groups -OCH3 is 1. The zero-order chi connectivity index (χ0) is 15.4. The third kappa shape index (κ3) is 3.91. The third-order valence-electron chi connectivity index (χ3n) is 3.18. The summed E-state index contributed by atoms with van der Waals surface area (Å²) in [5, 5.41) is 9.61. The molecule has 0 aliphatic rings. The maximum atomic E-state index is 10.8. The first kappa shape index (κ1) is 15.7. The number of carbonyl (C=O) groups is 1. The summed E-state index contributed by atoms with van der Waals surface area (Å²) < 4.78 is 7.36. The van der Waals surface area contributed by atoms with Crippen LogP contribution in [0.4, 0.5) is 0 Å². The summed E-state index contributed by atoms with van der Waals surface area (Å²) >= 11 is 1.26. The largest absolute Gasteiger partial charge is 0.497 e. The molecule has 21 heavy (non-hydrogen) atoms. The lowest BCUT2D eigenvalue weighted by Gasteiger charge is -2.10. The Bertz CT molecular complexity index is 637. The second-order valence-electron chi connectivity index (χ2n) is 5.27. The molecule has 6 heteroatoms. The van der Waals surface area contributed by atoms with Crippen molar-refractivity contribution in [3.05, 3.63) is 18.2 Å². The minimum absolute atomic E-state index is 0.0160. The number of hydrogen-bond donors (Lipinski definition) is 1. The first-order chi connectivity index (χ1) is 10.0. The van der Waals surface area contributed by atoms with Crippen LogP contribution in [-0.4, -0.2) is 33.5 Å². The number of aromatic nitrogens is 2. The van der Waals surface area contributed by atoms with Gasteiger partial charge in [-0.05, 0) is 24.5 Å². The quantitative estimate of drug-likeness (QED) is 0.795.